The number of hydrogen-bond donors (Lipinski definition) is 1. The minimum absolute atomic E-state index is 0.0157. The van der Waals surface area contributed by atoms with E-state index in [0.29, 0.717) is 19.4 Å². The third kappa shape index (κ3) is 21.1. The fraction of sp³-hybridized carbons (Fsp3) is 0.972. The van der Waals surface area contributed by atoms with E-state index in [1.54, 1.807) is 7.11 Å². The van der Waals surface area contributed by atoms with Crippen LogP contribution in [0.25, 0.3) is 0 Å². The van der Waals surface area contributed by atoms with Gasteiger partial charge in [-0.2, -0.15) is 0 Å². The van der Waals surface area contributed by atoms with Crippen molar-refractivity contribution in [2.45, 2.75) is 187 Å². The van der Waals surface area contributed by atoms with E-state index in [1.165, 1.54) is 96.3 Å². The summed E-state index contributed by atoms with van der Waals surface area (Å²) in [7, 11) is 1.75. The molecule has 0 aliphatic heterocycles. The number of carbonyl (C=O) groups is 1. The fourth-order valence-electron chi connectivity index (χ4n) is 6.23. The van der Waals surface area contributed by atoms with Crippen molar-refractivity contribution in [2.75, 3.05) is 20.4 Å². The number of alkyl halides is 1. The number of ether oxygens (including phenoxy) is 3. The maximum Gasteiger partial charge on any atom is 0.305 e. The standard InChI is InChI=1S/C36H69FO5/c1-5-7-9-10-13-16-19-31-29-32(31)20-17-14-11-12-15-18-21-33(40-4)26-28-41-35(38)24-23-30(3)34(22-8-6-2)42-36(39)25-27-37/h30-34,36,39H,5-29H2,1-4H3. The Hall–Kier alpha value is -0.720. The van der Waals surface area contributed by atoms with E-state index in [-0.39, 0.29) is 30.5 Å². The van der Waals surface area contributed by atoms with E-state index in [9.17, 15) is 14.3 Å². The van der Waals surface area contributed by atoms with Gasteiger partial charge in [0.15, 0.2) is 6.29 Å². The summed E-state index contributed by atoms with van der Waals surface area (Å²) in [6.07, 6.45) is 25.2. The number of esters is 1. The zero-order chi connectivity index (χ0) is 30.8. The maximum absolute atomic E-state index is 12.5. The van der Waals surface area contributed by atoms with Gasteiger partial charge in [0, 0.05) is 26.4 Å². The first-order chi connectivity index (χ1) is 20.4. The molecule has 6 heteroatoms. The molecule has 250 valence electrons. The number of unbranched alkanes of at least 4 members (excludes halogenated alkanes) is 11. The van der Waals surface area contributed by atoms with Gasteiger partial charge < -0.3 is 19.3 Å². The molecule has 6 unspecified atom stereocenters. The Morgan fingerprint density at radius 2 is 1.38 bits per heavy atom. The van der Waals surface area contributed by atoms with Gasteiger partial charge in [-0.3, -0.25) is 9.18 Å². The highest BCUT2D eigenvalue weighted by molar-refractivity contribution is 5.69. The molecule has 1 saturated carbocycles. The topological polar surface area (TPSA) is 65.0 Å². The second kappa shape index (κ2) is 26.7. The summed E-state index contributed by atoms with van der Waals surface area (Å²) in [5.74, 6) is 1.99. The third-order valence-electron chi connectivity index (χ3n) is 9.35. The van der Waals surface area contributed by atoms with Gasteiger partial charge in [0.2, 0.25) is 0 Å². The molecule has 0 heterocycles. The Bertz CT molecular complexity index is 618. The van der Waals surface area contributed by atoms with E-state index in [1.807, 2.05) is 6.92 Å². The van der Waals surface area contributed by atoms with Crippen molar-refractivity contribution in [3.8, 4) is 0 Å². The smallest absolute Gasteiger partial charge is 0.305 e. The summed E-state index contributed by atoms with van der Waals surface area (Å²) in [4.78, 5) is 12.3. The van der Waals surface area contributed by atoms with E-state index in [2.05, 4.69) is 13.8 Å². The normalized spacial score (nSPS) is 19.4. The minimum atomic E-state index is -1.09. The number of methoxy groups -OCH3 is 1. The average molecular weight is 601 g/mol. The first-order valence-corrected chi connectivity index (χ1v) is 18.0. The van der Waals surface area contributed by atoms with E-state index in [0.717, 1.165) is 43.9 Å². The Balaban J connectivity index is 2.02. The van der Waals surface area contributed by atoms with Crippen molar-refractivity contribution in [1.29, 1.82) is 0 Å². The maximum atomic E-state index is 12.5. The summed E-state index contributed by atoms with van der Waals surface area (Å²) in [6, 6.07) is 0. The van der Waals surface area contributed by atoms with Gasteiger partial charge in [0.25, 0.3) is 0 Å². The van der Waals surface area contributed by atoms with Gasteiger partial charge in [-0.25, -0.2) is 0 Å². The predicted molar refractivity (Wildman–Crippen MR) is 172 cm³/mol. The molecule has 6 atom stereocenters. The Morgan fingerprint density at radius 3 is 1.98 bits per heavy atom. The van der Waals surface area contributed by atoms with E-state index < -0.39 is 13.0 Å². The van der Waals surface area contributed by atoms with Crippen LogP contribution in [0.5, 0.6) is 0 Å². The molecule has 0 saturated heterocycles. The first kappa shape index (κ1) is 39.3. The van der Waals surface area contributed by atoms with Gasteiger partial charge in [0.1, 0.15) is 0 Å². The first-order valence-electron chi connectivity index (χ1n) is 18.0. The SMILES string of the molecule is CCCCCCCCC1CC1CCCCCCCCC(CCOC(=O)CCC(C)C(CCCC)OC(O)CCF)OC. The summed E-state index contributed by atoms with van der Waals surface area (Å²) in [6.45, 7) is 6.20. The summed E-state index contributed by atoms with van der Waals surface area (Å²) in [5.41, 5.74) is 0. The van der Waals surface area contributed by atoms with Crippen molar-refractivity contribution in [1.82, 2.24) is 0 Å². The van der Waals surface area contributed by atoms with Crippen LogP contribution in [0.2, 0.25) is 0 Å². The number of aliphatic hydroxyl groups excluding tert-OH is 1. The molecule has 0 aromatic heterocycles. The lowest BCUT2D eigenvalue weighted by Gasteiger charge is -2.26. The van der Waals surface area contributed by atoms with Crippen molar-refractivity contribution in [2.24, 2.45) is 17.8 Å². The van der Waals surface area contributed by atoms with Crippen molar-refractivity contribution in [3.63, 3.8) is 0 Å². The van der Waals surface area contributed by atoms with Crippen molar-refractivity contribution in [3.05, 3.63) is 0 Å². The van der Waals surface area contributed by atoms with Crippen LogP contribution < -0.4 is 0 Å². The molecule has 5 nitrogen and oxygen atoms in total. The lowest BCUT2D eigenvalue weighted by Crippen LogP contribution is -2.29. The van der Waals surface area contributed by atoms with Crippen LogP contribution in [0.1, 0.15) is 168 Å². The number of carbonyl (C=O) groups excluding carboxylic acids is 1. The lowest BCUT2D eigenvalue weighted by atomic mass is 9.94. The molecule has 1 aliphatic carbocycles. The lowest BCUT2D eigenvalue weighted by molar-refractivity contribution is -0.158. The second-order valence-electron chi connectivity index (χ2n) is 13.1. The van der Waals surface area contributed by atoms with E-state index >= 15 is 0 Å². The van der Waals surface area contributed by atoms with Crippen LogP contribution in [0.4, 0.5) is 4.39 Å². The van der Waals surface area contributed by atoms with Crippen LogP contribution in [-0.4, -0.2) is 50.0 Å². The zero-order valence-electron chi connectivity index (χ0n) is 28.1. The summed E-state index contributed by atoms with van der Waals surface area (Å²) in [5, 5.41) is 9.87. The number of hydrogen-bond acceptors (Lipinski definition) is 5. The molecule has 1 aliphatic rings. The molecule has 1 rings (SSSR count). The Kier molecular flexibility index (Phi) is 25.0. The Morgan fingerprint density at radius 1 is 0.786 bits per heavy atom. The molecule has 0 bridgehead atoms. The van der Waals surface area contributed by atoms with Gasteiger partial charge in [-0.1, -0.05) is 124 Å². The molecule has 0 radical (unpaired) electrons. The van der Waals surface area contributed by atoms with Crippen LogP contribution in [0, 0.1) is 17.8 Å². The predicted octanol–water partition coefficient (Wildman–Crippen LogP) is 10.1. The highest BCUT2D eigenvalue weighted by Gasteiger charge is 2.35. The highest BCUT2D eigenvalue weighted by atomic mass is 19.1. The third-order valence-corrected chi connectivity index (χ3v) is 9.35. The molecular formula is C36H69FO5. The minimum Gasteiger partial charge on any atom is -0.466 e. The molecule has 0 aromatic carbocycles. The molecule has 42 heavy (non-hydrogen) atoms. The molecule has 0 aromatic rings. The largest absolute Gasteiger partial charge is 0.466 e. The second-order valence-corrected chi connectivity index (χ2v) is 13.1. The van der Waals surface area contributed by atoms with Crippen LogP contribution in [0.3, 0.4) is 0 Å². The molecular weight excluding hydrogens is 531 g/mol. The number of halogens is 1. The summed E-state index contributed by atoms with van der Waals surface area (Å²) < 4.78 is 29.3. The number of rotatable bonds is 31. The Labute approximate surface area is 259 Å². The van der Waals surface area contributed by atoms with Crippen LogP contribution in [-0.2, 0) is 19.0 Å². The van der Waals surface area contributed by atoms with Gasteiger partial charge in [-0.05, 0) is 43.4 Å². The molecule has 0 amide bonds. The van der Waals surface area contributed by atoms with E-state index in [4.69, 9.17) is 14.2 Å². The monoisotopic (exact) mass is 601 g/mol. The number of aliphatic hydroxyl groups is 1. The molecule has 0 spiro atoms. The fourth-order valence-corrected chi connectivity index (χ4v) is 6.23. The highest BCUT2D eigenvalue weighted by Crippen LogP contribution is 2.45. The van der Waals surface area contributed by atoms with Gasteiger partial charge >= 0.3 is 5.97 Å². The quantitative estimate of drug-likeness (QED) is 0.0487. The van der Waals surface area contributed by atoms with Crippen LogP contribution in [0.15, 0.2) is 0 Å². The van der Waals surface area contributed by atoms with Crippen molar-refractivity contribution >= 4 is 5.97 Å². The van der Waals surface area contributed by atoms with Gasteiger partial charge in [0.05, 0.1) is 25.5 Å². The van der Waals surface area contributed by atoms with Crippen molar-refractivity contribution < 1.29 is 28.5 Å². The molecule has 1 N–H and O–H groups in total. The molecule has 1 fully saturated rings. The summed E-state index contributed by atoms with van der Waals surface area (Å²) >= 11 is 0. The average Bonchev–Trinajstić information content (AvgIpc) is 3.74. The zero-order valence-corrected chi connectivity index (χ0v) is 28.1. The van der Waals surface area contributed by atoms with Gasteiger partial charge in [-0.15, -0.1) is 0 Å². The van der Waals surface area contributed by atoms with Crippen LogP contribution >= 0.6 is 0 Å².